The van der Waals surface area contributed by atoms with Crippen molar-refractivity contribution in [2.24, 2.45) is 0 Å². The highest BCUT2D eigenvalue weighted by Gasteiger charge is 2.26. The average Bonchev–Trinajstić information content (AvgIpc) is 2.76. The van der Waals surface area contributed by atoms with Crippen LogP contribution in [0.4, 0.5) is 10.5 Å². The van der Waals surface area contributed by atoms with Gasteiger partial charge in [0.15, 0.2) is 0 Å². The molecule has 4 nitrogen and oxygen atoms in total. The van der Waals surface area contributed by atoms with Crippen molar-refractivity contribution in [3.8, 4) is 0 Å². The molecular weight excluding hydrogens is 240 g/mol. The number of carbonyl (C=O) groups is 1. The van der Waals surface area contributed by atoms with E-state index in [2.05, 4.69) is 0 Å². The lowest BCUT2D eigenvalue weighted by molar-refractivity contribution is 0.0306. The lowest BCUT2D eigenvalue weighted by Crippen LogP contribution is -2.35. The summed E-state index contributed by atoms with van der Waals surface area (Å²) in [6.07, 6.45) is 1.74. The lowest BCUT2D eigenvalue weighted by Gasteiger charge is -2.24. The first kappa shape index (κ1) is 13.5. The summed E-state index contributed by atoms with van der Waals surface area (Å²) in [5.74, 6) is 0. The maximum absolute atomic E-state index is 12.0. The molecule has 19 heavy (non-hydrogen) atoms. The van der Waals surface area contributed by atoms with Crippen molar-refractivity contribution in [2.45, 2.75) is 26.4 Å². The quantitative estimate of drug-likeness (QED) is 0.790. The van der Waals surface area contributed by atoms with E-state index in [0.29, 0.717) is 13.1 Å². The monoisotopic (exact) mass is 260 g/mol. The SMILES string of the molecule is CC(C)(C)OC(=O)N1CC=C(c2ccccc2N)C1. The number of amides is 1. The fraction of sp³-hybridized carbons (Fsp3) is 0.400. The number of benzene rings is 1. The van der Waals surface area contributed by atoms with Gasteiger partial charge in [-0.3, -0.25) is 0 Å². The Labute approximate surface area is 113 Å². The second kappa shape index (κ2) is 4.96. The van der Waals surface area contributed by atoms with Crippen LogP contribution in [-0.2, 0) is 4.74 Å². The summed E-state index contributed by atoms with van der Waals surface area (Å²) in [7, 11) is 0. The number of nitrogen functional groups attached to an aromatic ring is 1. The number of hydrogen-bond acceptors (Lipinski definition) is 3. The minimum atomic E-state index is -0.467. The summed E-state index contributed by atoms with van der Waals surface area (Å²) in [4.78, 5) is 13.6. The highest BCUT2D eigenvalue weighted by molar-refractivity contribution is 5.81. The highest BCUT2D eigenvalue weighted by Crippen LogP contribution is 2.26. The van der Waals surface area contributed by atoms with Crippen molar-refractivity contribution in [3.05, 3.63) is 35.9 Å². The van der Waals surface area contributed by atoms with Gasteiger partial charge in [-0.2, -0.15) is 0 Å². The summed E-state index contributed by atoms with van der Waals surface area (Å²) in [5.41, 5.74) is 8.28. The number of para-hydroxylation sites is 1. The standard InChI is InChI=1S/C15H20N2O2/c1-15(2,3)19-14(18)17-9-8-11(10-17)12-6-4-5-7-13(12)16/h4-8H,9-10,16H2,1-3H3. The van der Waals surface area contributed by atoms with Crippen LogP contribution < -0.4 is 5.73 Å². The zero-order valence-corrected chi connectivity index (χ0v) is 11.6. The molecule has 1 heterocycles. The predicted molar refractivity (Wildman–Crippen MR) is 76.6 cm³/mol. The van der Waals surface area contributed by atoms with Crippen LogP contribution in [0.15, 0.2) is 30.3 Å². The van der Waals surface area contributed by atoms with E-state index in [1.807, 2.05) is 51.1 Å². The van der Waals surface area contributed by atoms with Gasteiger partial charge in [-0.15, -0.1) is 0 Å². The fourth-order valence-electron chi connectivity index (χ4n) is 2.01. The number of ether oxygens (including phenoxy) is 1. The molecule has 0 aliphatic carbocycles. The smallest absolute Gasteiger partial charge is 0.410 e. The van der Waals surface area contributed by atoms with Gasteiger partial charge in [0.1, 0.15) is 5.60 Å². The summed E-state index contributed by atoms with van der Waals surface area (Å²) < 4.78 is 5.36. The molecule has 2 rings (SSSR count). The first-order valence-electron chi connectivity index (χ1n) is 6.38. The maximum Gasteiger partial charge on any atom is 0.410 e. The molecule has 1 amide bonds. The van der Waals surface area contributed by atoms with Crippen molar-refractivity contribution in [2.75, 3.05) is 18.8 Å². The minimum Gasteiger partial charge on any atom is -0.444 e. The molecule has 0 aromatic heterocycles. The number of carbonyl (C=O) groups excluding carboxylic acids is 1. The Hall–Kier alpha value is -1.97. The van der Waals surface area contributed by atoms with Crippen molar-refractivity contribution in [1.82, 2.24) is 4.90 Å². The summed E-state index contributed by atoms with van der Waals surface area (Å²) in [6.45, 7) is 6.71. The molecular formula is C15H20N2O2. The van der Waals surface area contributed by atoms with E-state index in [1.54, 1.807) is 4.90 Å². The van der Waals surface area contributed by atoms with Crippen molar-refractivity contribution < 1.29 is 9.53 Å². The molecule has 2 N–H and O–H groups in total. The van der Waals surface area contributed by atoms with Gasteiger partial charge in [0, 0.05) is 24.3 Å². The van der Waals surface area contributed by atoms with Crippen molar-refractivity contribution >= 4 is 17.4 Å². The van der Waals surface area contributed by atoms with E-state index in [4.69, 9.17) is 10.5 Å². The van der Waals surface area contributed by atoms with Crippen LogP contribution in [-0.4, -0.2) is 29.7 Å². The van der Waals surface area contributed by atoms with Crippen LogP contribution in [0.5, 0.6) is 0 Å². The second-order valence-electron chi connectivity index (χ2n) is 5.68. The van der Waals surface area contributed by atoms with Gasteiger partial charge in [-0.1, -0.05) is 24.3 Å². The van der Waals surface area contributed by atoms with Gasteiger partial charge in [0.25, 0.3) is 0 Å². The van der Waals surface area contributed by atoms with E-state index < -0.39 is 5.60 Å². The Morgan fingerprint density at radius 3 is 2.63 bits per heavy atom. The summed E-state index contributed by atoms with van der Waals surface area (Å²) in [6, 6.07) is 7.69. The molecule has 0 radical (unpaired) electrons. The molecule has 0 saturated heterocycles. The molecule has 1 aromatic carbocycles. The Morgan fingerprint density at radius 1 is 1.32 bits per heavy atom. The molecule has 0 spiro atoms. The van der Waals surface area contributed by atoms with Crippen LogP contribution in [0, 0.1) is 0 Å². The third-order valence-electron chi connectivity index (χ3n) is 2.88. The molecule has 1 aromatic rings. The second-order valence-corrected chi connectivity index (χ2v) is 5.68. The number of nitrogens with two attached hydrogens (primary N) is 1. The molecule has 1 aliphatic rings. The summed E-state index contributed by atoms with van der Waals surface area (Å²) in [5, 5.41) is 0. The molecule has 4 heteroatoms. The van der Waals surface area contributed by atoms with Gasteiger partial charge in [0.05, 0.1) is 0 Å². The van der Waals surface area contributed by atoms with Gasteiger partial charge >= 0.3 is 6.09 Å². The zero-order chi connectivity index (χ0) is 14.0. The van der Waals surface area contributed by atoms with Gasteiger partial charge in [-0.05, 0) is 32.4 Å². The van der Waals surface area contributed by atoms with E-state index in [9.17, 15) is 4.79 Å². The van der Waals surface area contributed by atoms with Crippen molar-refractivity contribution in [1.29, 1.82) is 0 Å². The highest BCUT2D eigenvalue weighted by atomic mass is 16.6. The molecule has 1 aliphatic heterocycles. The molecule has 0 fully saturated rings. The Morgan fingerprint density at radius 2 is 2.00 bits per heavy atom. The Kier molecular flexibility index (Phi) is 3.51. The fourth-order valence-corrected chi connectivity index (χ4v) is 2.01. The molecule has 0 unspecified atom stereocenters. The molecule has 0 atom stereocenters. The number of anilines is 1. The molecule has 102 valence electrons. The number of rotatable bonds is 1. The van der Waals surface area contributed by atoms with Gasteiger partial charge < -0.3 is 15.4 Å². The van der Waals surface area contributed by atoms with Crippen LogP contribution in [0.25, 0.3) is 5.57 Å². The third-order valence-corrected chi connectivity index (χ3v) is 2.88. The van der Waals surface area contributed by atoms with Crippen LogP contribution in [0.3, 0.4) is 0 Å². The van der Waals surface area contributed by atoms with Crippen molar-refractivity contribution in [3.63, 3.8) is 0 Å². The molecule has 0 saturated carbocycles. The topological polar surface area (TPSA) is 55.6 Å². The van der Waals surface area contributed by atoms with E-state index >= 15 is 0 Å². The zero-order valence-electron chi connectivity index (χ0n) is 11.6. The lowest BCUT2D eigenvalue weighted by atomic mass is 10.1. The number of hydrogen-bond donors (Lipinski definition) is 1. The largest absolute Gasteiger partial charge is 0.444 e. The van der Waals surface area contributed by atoms with Gasteiger partial charge in [-0.25, -0.2) is 4.79 Å². The van der Waals surface area contributed by atoms with E-state index in [0.717, 1.165) is 16.8 Å². The van der Waals surface area contributed by atoms with Crippen LogP contribution in [0.1, 0.15) is 26.3 Å². The average molecular weight is 260 g/mol. The summed E-state index contributed by atoms with van der Waals surface area (Å²) >= 11 is 0. The first-order chi connectivity index (χ1) is 8.87. The van der Waals surface area contributed by atoms with Crippen LogP contribution in [0.2, 0.25) is 0 Å². The van der Waals surface area contributed by atoms with E-state index in [1.165, 1.54) is 0 Å². The predicted octanol–water partition coefficient (Wildman–Crippen LogP) is 2.90. The van der Waals surface area contributed by atoms with E-state index in [-0.39, 0.29) is 6.09 Å². The maximum atomic E-state index is 12.0. The van der Waals surface area contributed by atoms with Crippen LogP contribution >= 0.6 is 0 Å². The Balaban J connectivity index is 2.04. The third kappa shape index (κ3) is 3.28. The minimum absolute atomic E-state index is 0.284. The van der Waals surface area contributed by atoms with Gasteiger partial charge in [0.2, 0.25) is 0 Å². The molecule has 0 bridgehead atoms. The number of nitrogens with zero attached hydrogens (tertiary/aromatic N) is 1. The Bertz CT molecular complexity index is 515. The normalized spacial score (nSPS) is 15.3. The first-order valence-corrected chi connectivity index (χ1v) is 6.38.